The number of pyridine rings is 1. The van der Waals surface area contributed by atoms with E-state index in [4.69, 9.17) is 0 Å². The van der Waals surface area contributed by atoms with Gasteiger partial charge in [0.1, 0.15) is 0 Å². The summed E-state index contributed by atoms with van der Waals surface area (Å²) < 4.78 is 39.1. The van der Waals surface area contributed by atoms with E-state index in [0.717, 1.165) is 11.8 Å². The zero-order valence-corrected chi connectivity index (χ0v) is 9.62. The second-order valence-corrected chi connectivity index (χ2v) is 3.80. The Morgan fingerprint density at radius 1 is 0.944 bits per heavy atom. The van der Waals surface area contributed by atoms with Crippen LogP contribution in [0.5, 0.6) is 0 Å². The predicted octanol–water partition coefficient (Wildman–Crippen LogP) is 3.98. The number of rotatable bonds is 2. The lowest BCUT2D eigenvalue weighted by molar-refractivity contribution is 0.446. The molecule has 0 N–H and O–H groups in total. The first-order valence-corrected chi connectivity index (χ1v) is 5.33. The van der Waals surface area contributed by atoms with Gasteiger partial charge in [0.25, 0.3) is 0 Å². The van der Waals surface area contributed by atoms with Crippen molar-refractivity contribution in [2.24, 2.45) is 0 Å². The Morgan fingerprint density at radius 3 is 2.44 bits per heavy atom. The second kappa shape index (κ2) is 5.04. The molecular weight excluding hydrogens is 239 g/mol. The summed E-state index contributed by atoms with van der Waals surface area (Å²) in [5.74, 6) is -3.86. The predicted molar refractivity (Wildman–Crippen MR) is 64.2 cm³/mol. The Balaban J connectivity index is 2.32. The molecule has 0 aliphatic heterocycles. The number of nitrogens with zero attached hydrogens (tertiary/aromatic N) is 1. The van der Waals surface area contributed by atoms with Crippen LogP contribution in [0.2, 0.25) is 0 Å². The van der Waals surface area contributed by atoms with Gasteiger partial charge in [0.05, 0.1) is 5.69 Å². The zero-order chi connectivity index (χ0) is 13.1. The van der Waals surface area contributed by atoms with Crippen molar-refractivity contribution in [1.29, 1.82) is 0 Å². The molecule has 0 radical (unpaired) electrons. The summed E-state index contributed by atoms with van der Waals surface area (Å²) in [4.78, 5) is 4.18. The number of halogens is 3. The van der Waals surface area contributed by atoms with Gasteiger partial charge in [-0.05, 0) is 43.3 Å². The van der Waals surface area contributed by atoms with Gasteiger partial charge >= 0.3 is 0 Å². The Labute approximate surface area is 103 Å². The van der Waals surface area contributed by atoms with Gasteiger partial charge in [0.2, 0.25) is 0 Å². The van der Waals surface area contributed by atoms with Gasteiger partial charge in [0, 0.05) is 11.3 Å². The van der Waals surface area contributed by atoms with Crippen molar-refractivity contribution in [2.75, 3.05) is 0 Å². The van der Waals surface area contributed by atoms with Crippen molar-refractivity contribution >= 4 is 12.2 Å². The molecule has 92 valence electrons. The summed E-state index contributed by atoms with van der Waals surface area (Å²) in [6, 6.07) is 7.45. The highest BCUT2D eigenvalue weighted by Gasteiger charge is 2.11. The Bertz CT molecular complexity index is 606. The minimum Gasteiger partial charge on any atom is -0.254 e. The molecule has 0 spiro atoms. The molecule has 2 rings (SSSR count). The van der Waals surface area contributed by atoms with E-state index in [0.29, 0.717) is 5.69 Å². The smallest absolute Gasteiger partial charge is 0.195 e. The SMILES string of the molecule is Cc1cccc(C=Cc2ccc(F)c(F)c2F)n1. The van der Waals surface area contributed by atoms with Crippen molar-refractivity contribution < 1.29 is 13.2 Å². The lowest BCUT2D eigenvalue weighted by Gasteiger charge is -1.99. The fraction of sp³-hybridized carbons (Fsp3) is 0.0714. The highest BCUT2D eigenvalue weighted by Crippen LogP contribution is 2.17. The number of benzene rings is 1. The van der Waals surface area contributed by atoms with Crippen LogP contribution in [0, 0.1) is 24.4 Å². The van der Waals surface area contributed by atoms with Crippen molar-refractivity contribution in [3.8, 4) is 0 Å². The molecule has 0 unspecified atom stereocenters. The Hall–Kier alpha value is -2.10. The molecular formula is C14H10F3N. The molecule has 1 aromatic heterocycles. The van der Waals surface area contributed by atoms with Crippen molar-refractivity contribution in [1.82, 2.24) is 4.98 Å². The zero-order valence-electron chi connectivity index (χ0n) is 9.62. The van der Waals surface area contributed by atoms with E-state index in [1.165, 1.54) is 12.1 Å². The Kier molecular flexibility index (Phi) is 3.46. The van der Waals surface area contributed by atoms with Gasteiger partial charge in [0.15, 0.2) is 17.5 Å². The Morgan fingerprint density at radius 2 is 1.72 bits per heavy atom. The number of hydrogen-bond donors (Lipinski definition) is 0. The van der Waals surface area contributed by atoms with Crippen LogP contribution in [0.15, 0.2) is 30.3 Å². The molecule has 1 aromatic carbocycles. The third kappa shape index (κ3) is 2.59. The van der Waals surface area contributed by atoms with Gasteiger partial charge in [-0.1, -0.05) is 6.07 Å². The number of aromatic nitrogens is 1. The summed E-state index contributed by atoms with van der Waals surface area (Å²) >= 11 is 0. The first-order chi connectivity index (χ1) is 8.58. The van der Waals surface area contributed by atoms with Crippen LogP contribution in [0.25, 0.3) is 12.2 Å². The maximum atomic E-state index is 13.4. The highest BCUT2D eigenvalue weighted by molar-refractivity contribution is 5.68. The maximum Gasteiger partial charge on any atom is 0.195 e. The van der Waals surface area contributed by atoms with Crippen LogP contribution >= 0.6 is 0 Å². The molecule has 0 bridgehead atoms. The van der Waals surface area contributed by atoms with Crippen LogP contribution in [0.4, 0.5) is 13.2 Å². The highest BCUT2D eigenvalue weighted by atomic mass is 19.2. The summed E-state index contributed by atoms with van der Waals surface area (Å²) in [6.07, 6.45) is 2.91. The topological polar surface area (TPSA) is 12.9 Å². The van der Waals surface area contributed by atoms with Gasteiger partial charge in [-0.3, -0.25) is 4.98 Å². The standard InChI is InChI=1S/C14H10F3N/c1-9-3-2-4-11(18-9)7-5-10-6-8-12(15)14(17)13(10)16/h2-8H,1H3. The van der Waals surface area contributed by atoms with Gasteiger partial charge in [-0.15, -0.1) is 0 Å². The van der Waals surface area contributed by atoms with Crippen molar-refractivity contribution in [3.63, 3.8) is 0 Å². The third-order valence-corrected chi connectivity index (χ3v) is 2.41. The molecule has 0 amide bonds. The van der Waals surface area contributed by atoms with Crippen molar-refractivity contribution in [3.05, 3.63) is 64.7 Å². The van der Waals surface area contributed by atoms with E-state index in [1.54, 1.807) is 12.1 Å². The summed E-state index contributed by atoms with van der Waals surface area (Å²) in [6.45, 7) is 1.83. The number of hydrogen-bond acceptors (Lipinski definition) is 1. The van der Waals surface area contributed by atoms with Crippen LogP contribution in [-0.2, 0) is 0 Å². The van der Waals surface area contributed by atoms with E-state index < -0.39 is 17.5 Å². The third-order valence-electron chi connectivity index (χ3n) is 2.41. The average molecular weight is 249 g/mol. The fourth-order valence-electron chi connectivity index (χ4n) is 1.50. The van der Waals surface area contributed by atoms with E-state index in [9.17, 15) is 13.2 Å². The summed E-state index contributed by atoms with van der Waals surface area (Å²) in [5, 5.41) is 0. The molecule has 0 saturated carbocycles. The molecule has 0 atom stereocenters. The van der Waals surface area contributed by atoms with E-state index >= 15 is 0 Å². The molecule has 1 nitrogen and oxygen atoms in total. The molecule has 0 fully saturated rings. The van der Waals surface area contributed by atoms with Crippen LogP contribution < -0.4 is 0 Å². The minimum atomic E-state index is -1.46. The molecule has 0 aliphatic carbocycles. The normalized spacial score (nSPS) is 11.1. The molecule has 1 heterocycles. The molecule has 4 heteroatoms. The lowest BCUT2D eigenvalue weighted by Crippen LogP contribution is -1.93. The monoisotopic (exact) mass is 249 g/mol. The van der Waals surface area contributed by atoms with Crippen LogP contribution in [0.3, 0.4) is 0 Å². The van der Waals surface area contributed by atoms with Crippen LogP contribution in [-0.4, -0.2) is 4.98 Å². The summed E-state index contributed by atoms with van der Waals surface area (Å²) in [7, 11) is 0. The van der Waals surface area contributed by atoms with E-state index in [-0.39, 0.29) is 5.56 Å². The fourth-order valence-corrected chi connectivity index (χ4v) is 1.50. The quantitative estimate of drug-likeness (QED) is 0.734. The first kappa shape index (κ1) is 12.4. The molecule has 0 saturated heterocycles. The number of aryl methyl sites for hydroxylation is 1. The lowest BCUT2D eigenvalue weighted by atomic mass is 10.1. The summed E-state index contributed by atoms with van der Waals surface area (Å²) in [5.41, 5.74) is 1.43. The molecule has 0 aliphatic rings. The van der Waals surface area contributed by atoms with E-state index in [2.05, 4.69) is 4.98 Å². The largest absolute Gasteiger partial charge is 0.254 e. The van der Waals surface area contributed by atoms with Gasteiger partial charge < -0.3 is 0 Å². The maximum absolute atomic E-state index is 13.4. The minimum absolute atomic E-state index is 0.0165. The molecule has 18 heavy (non-hydrogen) atoms. The average Bonchev–Trinajstić information content (AvgIpc) is 2.35. The first-order valence-electron chi connectivity index (χ1n) is 5.33. The second-order valence-electron chi connectivity index (χ2n) is 3.80. The van der Waals surface area contributed by atoms with Gasteiger partial charge in [-0.25, -0.2) is 13.2 Å². The van der Waals surface area contributed by atoms with Crippen LogP contribution in [0.1, 0.15) is 17.0 Å². The van der Waals surface area contributed by atoms with E-state index in [1.807, 2.05) is 19.1 Å². The van der Waals surface area contributed by atoms with Crippen molar-refractivity contribution in [2.45, 2.75) is 6.92 Å². The van der Waals surface area contributed by atoms with Gasteiger partial charge in [-0.2, -0.15) is 0 Å². The molecule has 2 aromatic rings.